The predicted molar refractivity (Wildman–Crippen MR) is 70.7 cm³/mol. The molecule has 4 heteroatoms. The van der Waals surface area contributed by atoms with E-state index in [4.69, 9.17) is 4.74 Å². The second-order valence-corrected chi connectivity index (χ2v) is 4.70. The molecule has 0 saturated heterocycles. The van der Waals surface area contributed by atoms with Crippen LogP contribution in [0.5, 0.6) is 0 Å². The van der Waals surface area contributed by atoms with Crippen LogP contribution in [0.3, 0.4) is 0 Å². The van der Waals surface area contributed by atoms with Crippen LogP contribution >= 0.6 is 0 Å². The summed E-state index contributed by atoms with van der Waals surface area (Å²) in [6.45, 7) is 0.0198. The van der Waals surface area contributed by atoms with Crippen molar-refractivity contribution in [2.75, 3.05) is 6.61 Å². The number of aliphatic hydroxyl groups is 2. The zero-order valence-electron chi connectivity index (χ0n) is 10.7. The number of carbonyl (C=O) groups is 1. The lowest BCUT2D eigenvalue weighted by Gasteiger charge is -2.13. The van der Waals surface area contributed by atoms with E-state index < -0.39 is 18.2 Å². The molecule has 0 saturated carbocycles. The maximum Gasteiger partial charge on any atom is 0.338 e. The summed E-state index contributed by atoms with van der Waals surface area (Å²) in [5.41, 5.74) is 1.06. The van der Waals surface area contributed by atoms with Crippen molar-refractivity contribution in [3.05, 3.63) is 47.5 Å². The third-order valence-corrected chi connectivity index (χ3v) is 3.19. The van der Waals surface area contributed by atoms with Crippen molar-refractivity contribution in [2.45, 2.75) is 31.5 Å². The van der Waals surface area contributed by atoms with Gasteiger partial charge in [0.1, 0.15) is 6.61 Å². The third-order valence-electron chi connectivity index (χ3n) is 3.19. The minimum Gasteiger partial charge on any atom is -0.457 e. The SMILES string of the molecule is O=C(OCC1=C[C@@H](O)CCC[C@H]1O)c1ccccc1. The van der Waals surface area contributed by atoms with Crippen LogP contribution in [0.1, 0.15) is 29.6 Å². The van der Waals surface area contributed by atoms with Gasteiger partial charge in [-0.1, -0.05) is 24.3 Å². The van der Waals surface area contributed by atoms with Gasteiger partial charge in [0.15, 0.2) is 0 Å². The zero-order valence-corrected chi connectivity index (χ0v) is 10.7. The lowest BCUT2D eigenvalue weighted by atomic mass is 10.1. The lowest BCUT2D eigenvalue weighted by Crippen LogP contribution is -2.17. The first kappa shape index (κ1) is 13.8. The number of ether oxygens (including phenoxy) is 1. The van der Waals surface area contributed by atoms with E-state index >= 15 is 0 Å². The number of carbonyl (C=O) groups excluding carboxylic acids is 1. The Morgan fingerprint density at radius 1 is 1.21 bits per heavy atom. The zero-order chi connectivity index (χ0) is 13.7. The molecule has 1 aromatic carbocycles. The Bertz CT molecular complexity index is 452. The average Bonchev–Trinajstić information content (AvgIpc) is 2.58. The summed E-state index contributed by atoms with van der Waals surface area (Å²) in [5, 5.41) is 19.5. The maximum absolute atomic E-state index is 11.8. The first-order chi connectivity index (χ1) is 9.16. The van der Waals surface area contributed by atoms with E-state index in [0.29, 0.717) is 24.0 Å². The number of esters is 1. The van der Waals surface area contributed by atoms with Crippen LogP contribution in [0.4, 0.5) is 0 Å². The summed E-state index contributed by atoms with van der Waals surface area (Å²) in [5.74, 6) is -0.424. The van der Waals surface area contributed by atoms with E-state index in [1.54, 1.807) is 30.3 Å². The third kappa shape index (κ3) is 3.91. The van der Waals surface area contributed by atoms with Crippen LogP contribution in [0, 0.1) is 0 Å². The van der Waals surface area contributed by atoms with E-state index in [0.717, 1.165) is 6.42 Å². The van der Waals surface area contributed by atoms with Gasteiger partial charge in [-0.15, -0.1) is 0 Å². The van der Waals surface area contributed by atoms with E-state index in [9.17, 15) is 15.0 Å². The summed E-state index contributed by atoms with van der Waals surface area (Å²) in [7, 11) is 0. The van der Waals surface area contributed by atoms with E-state index in [2.05, 4.69) is 0 Å². The molecule has 1 aliphatic carbocycles. The molecular formula is C15H18O4. The highest BCUT2D eigenvalue weighted by atomic mass is 16.5. The Labute approximate surface area is 112 Å². The van der Waals surface area contributed by atoms with Crippen molar-refractivity contribution in [3.63, 3.8) is 0 Å². The van der Waals surface area contributed by atoms with Gasteiger partial charge in [0, 0.05) is 0 Å². The second kappa shape index (κ2) is 6.50. The highest BCUT2D eigenvalue weighted by Gasteiger charge is 2.19. The molecule has 19 heavy (non-hydrogen) atoms. The molecule has 2 atom stereocenters. The lowest BCUT2D eigenvalue weighted by molar-refractivity contribution is 0.0513. The number of benzene rings is 1. The molecule has 0 amide bonds. The summed E-state index contributed by atoms with van der Waals surface area (Å²) in [4.78, 5) is 11.8. The summed E-state index contributed by atoms with van der Waals surface area (Å²) in [6, 6.07) is 8.70. The van der Waals surface area contributed by atoms with Crippen LogP contribution in [0.2, 0.25) is 0 Å². The van der Waals surface area contributed by atoms with Crippen LogP contribution in [0.25, 0.3) is 0 Å². The maximum atomic E-state index is 11.8. The van der Waals surface area contributed by atoms with Crippen molar-refractivity contribution in [3.8, 4) is 0 Å². The molecule has 0 aliphatic heterocycles. The van der Waals surface area contributed by atoms with Crippen LogP contribution < -0.4 is 0 Å². The van der Waals surface area contributed by atoms with E-state index in [1.807, 2.05) is 6.07 Å². The highest BCUT2D eigenvalue weighted by molar-refractivity contribution is 5.89. The van der Waals surface area contributed by atoms with Gasteiger partial charge in [-0.05, 0) is 37.0 Å². The van der Waals surface area contributed by atoms with Gasteiger partial charge in [-0.25, -0.2) is 4.79 Å². The molecule has 0 spiro atoms. The van der Waals surface area contributed by atoms with Gasteiger partial charge in [0.2, 0.25) is 0 Å². The Kier molecular flexibility index (Phi) is 4.71. The van der Waals surface area contributed by atoms with Crippen LogP contribution in [-0.2, 0) is 4.74 Å². The van der Waals surface area contributed by atoms with Crippen LogP contribution in [-0.4, -0.2) is 35.0 Å². The molecular weight excluding hydrogens is 244 g/mol. The fourth-order valence-electron chi connectivity index (χ4n) is 2.10. The van der Waals surface area contributed by atoms with Crippen LogP contribution in [0.15, 0.2) is 42.0 Å². The standard InChI is InChI=1S/C15H18O4/c16-13-7-4-8-14(17)12(9-13)10-19-15(18)11-5-2-1-3-6-11/h1-3,5-6,9,13-14,16-17H,4,7-8,10H2/t13-,14+/m0/s1. The molecule has 1 aromatic rings. The largest absolute Gasteiger partial charge is 0.457 e. The molecule has 2 N–H and O–H groups in total. The first-order valence-electron chi connectivity index (χ1n) is 6.45. The highest BCUT2D eigenvalue weighted by Crippen LogP contribution is 2.19. The molecule has 4 nitrogen and oxygen atoms in total. The molecule has 1 aliphatic rings. The molecule has 0 bridgehead atoms. The van der Waals surface area contributed by atoms with Crippen molar-refractivity contribution >= 4 is 5.97 Å². The monoisotopic (exact) mass is 262 g/mol. The number of hydrogen-bond donors (Lipinski definition) is 2. The van der Waals surface area contributed by atoms with Gasteiger partial charge >= 0.3 is 5.97 Å². The second-order valence-electron chi connectivity index (χ2n) is 4.70. The quantitative estimate of drug-likeness (QED) is 0.642. The normalized spacial score (nSPS) is 23.4. The smallest absolute Gasteiger partial charge is 0.338 e. The Morgan fingerprint density at radius 3 is 2.68 bits per heavy atom. The van der Waals surface area contributed by atoms with Gasteiger partial charge in [-0.3, -0.25) is 0 Å². The molecule has 0 radical (unpaired) electrons. The van der Waals surface area contributed by atoms with Gasteiger partial charge < -0.3 is 14.9 Å². The molecule has 0 aromatic heterocycles. The van der Waals surface area contributed by atoms with Gasteiger partial charge in [-0.2, -0.15) is 0 Å². The minimum absolute atomic E-state index is 0.0198. The minimum atomic E-state index is -0.638. The topological polar surface area (TPSA) is 66.8 Å². The number of rotatable bonds is 3. The molecule has 0 fully saturated rings. The summed E-state index contributed by atoms with van der Waals surface area (Å²) in [6.07, 6.45) is 2.37. The molecule has 102 valence electrons. The molecule has 0 heterocycles. The average molecular weight is 262 g/mol. The first-order valence-corrected chi connectivity index (χ1v) is 6.45. The Hall–Kier alpha value is -1.65. The number of hydrogen-bond acceptors (Lipinski definition) is 4. The number of aliphatic hydroxyl groups excluding tert-OH is 2. The van der Waals surface area contributed by atoms with E-state index in [1.165, 1.54) is 0 Å². The van der Waals surface area contributed by atoms with Gasteiger partial charge in [0.25, 0.3) is 0 Å². The van der Waals surface area contributed by atoms with Crippen molar-refractivity contribution in [1.82, 2.24) is 0 Å². The summed E-state index contributed by atoms with van der Waals surface area (Å²) < 4.78 is 5.16. The van der Waals surface area contributed by atoms with Crippen molar-refractivity contribution < 1.29 is 19.7 Å². The van der Waals surface area contributed by atoms with Gasteiger partial charge in [0.05, 0.1) is 17.8 Å². The van der Waals surface area contributed by atoms with E-state index in [-0.39, 0.29) is 6.61 Å². The fraction of sp³-hybridized carbons (Fsp3) is 0.400. The fourth-order valence-corrected chi connectivity index (χ4v) is 2.10. The molecule has 0 unspecified atom stereocenters. The summed E-state index contributed by atoms with van der Waals surface area (Å²) >= 11 is 0. The van der Waals surface area contributed by atoms with Crippen molar-refractivity contribution in [2.24, 2.45) is 0 Å². The Balaban J connectivity index is 1.96. The Morgan fingerprint density at radius 2 is 1.95 bits per heavy atom. The predicted octanol–water partition coefficient (Wildman–Crippen LogP) is 1.68. The molecule has 2 rings (SSSR count). The van der Waals surface area contributed by atoms with Crippen molar-refractivity contribution in [1.29, 1.82) is 0 Å².